The highest BCUT2D eigenvalue weighted by Crippen LogP contribution is 2.17. The van der Waals surface area contributed by atoms with E-state index in [1.54, 1.807) is 6.08 Å². The first kappa shape index (κ1) is 71.1. The first-order chi connectivity index (χ1) is 36.0. The summed E-state index contributed by atoms with van der Waals surface area (Å²) in [5.74, 6) is -0.0627. The predicted molar refractivity (Wildman–Crippen MR) is 319 cm³/mol. The zero-order valence-corrected chi connectivity index (χ0v) is 49.1. The molecule has 0 aromatic rings. The lowest BCUT2D eigenvalue weighted by atomic mass is 10.0. The van der Waals surface area contributed by atoms with Gasteiger partial charge in [-0.2, -0.15) is 0 Å². The molecule has 3 N–H and O–H groups in total. The van der Waals surface area contributed by atoms with Crippen LogP contribution in [0.25, 0.3) is 0 Å². The summed E-state index contributed by atoms with van der Waals surface area (Å²) in [6, 6.07) is -0.629. The zero-order chi connectivity index (χ0) is 52.9. The van der Waals surface area contributed by atoms with Gasteiger partial charge < -0.3 is 20.3 Å². The van der Waals surface area contributed by atoms with Gasteiger partial charge in [0.15, 0.2) is 0 Å². The fourth-order valence-electron chi connectivity index (χ4n) is 10.1. The summed E-state index contributed by atoms with van der Waals surface area (Å²) < 4.78 is 5.46. The van der Waals surface area contributed by atoms with E-state index >= 15 is 0 Å². The van der Waals surface area contributed by atoms with Gasteiger partial charge in [0.25, 0.3) is 0 Å². The Bertz CT molecular complexity index is 1180. The molecule has 0 radical (unpaired) electrons. The first-order valence-corrected chi connectivity index (χ1v) is 32.8. The van der Waals surface area contributed by atoms with Crippen molar-refractivity contribution in [2.75, 3.05) is 13.2 Å². The molecule has 0 heterocycles. The normalized spacial score (nSPS) is 12.8. The average molecular weight is 1030 g/mol. The first-order valence-electron chi connectivity index (χ1n) is 32.8. The number of aliphatic hydroxyl groups excluding tert-OH is 2. The minimum absolute atomic E-state index is 0.00366. The van der Waals surface area contributed by atoms with Crippen LogP contribution in [0.2, 0.25) is 0 Å². The van der Waals surface area contributed by atoms with Crippen LogP contribution >= 0.6 is 0 Å². The number of hydrogen-bond donors (Lipinski definition) is 3. The van der Waals surface area contributed by atoms with Crippen molar-refractivity contribution < 1.29 is 24.5 Å². The molecular formula is C67H127NO5. The smallest absolute Gasteiger partial charge is 0.305 e. The summed E-state index contributed by atoms with van der Waals surface area (Å²) in [6.07, 6.45) is 79.2. The number of allylic oxidation sites excluding steroid dienone is 5. The van der Waals surface area contributed by atoms with Crippen LogP contribution < -0.4 is 5.32 Å². The predicted octanol–water partition coefficient (Wildman–Crippen LogP) is 20.8. The fraction of sp³-hybridized carbons (Fsp3) is 0.881. The Labute approximate surface area is 455 Å². The van der Waals surface area contributed by atoms with E-state index in [9.17, 15) is 19.8 Å². The van der Waals surface area contributed by atoms with Crippen molar-refractivity contribution in [3.8, 4) is 0 Å². The fourth-order valence-corrected chi connectivity index (χ4v) is 10.1. The number of nitrogens with one attached hydrogen (secondary N) is 1. The van der Waals surface area contributed by atoms with E-state index < -0.39 is 12.1 Å². The number of amides is 1. The highest BCUT2D eigenvalue weighted by molar-refractivity contribution is 5.76. The molecule has 0 bridgehead atoms. The van der Waals surface area contributed by atoms with Gasteiger partial charge in [0.05, 0.1) is 25.4 Å². The largest absolute Gasteiger partial charge is 0.466 e. The lowest BCUT2D eigenvalue weighted by Gasteiger charge is -2.20. The van der Waals surface area contributed by atoms with Crippen molar-refractivity contribution in [3.63, 3.8) is 0 Å². The van der Waals surface area contributed by atoms with Crippen LogP contribution in [-0.4, -0.2) is 47.4 Å². The second-order valence-corrected chi connectivity index (χ2v) is 22.4. The van der Waals surface area contributed by atoms with Gasteiger partial charge in [0.2, 0.25) is 5.91 Å². The Morgan fingerprint density at radius 2 is 0.658 bits per heavy atom. The lowest BCUT2D eigenvalue weighted by Crippen LogP contribution is -2.45. The van der Waals surface area contributed by atoms with Crippen molar-refractivity contribution in [1.82, 2.24) is 5.32 Å². The molecule has 1 amide bonds. The number of ether oxygens (including phenoxy) is 1. The van der Waals surface area contributed by atoms with E-state index in [-0.39, 0.29) is 18.5 Å². The number of unbranched alkanes of at least 4 members (excludes halogenated alkanes) is 46. The number of carbonyl (C=O) groups excluding carboxylic acids is 2. The van der Waals surface area contributed by atoms with Crippen LogP contribution in [0.5, 0.6) is 0 Å². The molecular weight excluding hydrogens is 899 g/mol. The molecule has 2 atom stereocenters. The Balaban J connectivity index is 3.42. The lowest BCUT2D eigenvalue weighted by molar-refractivity contribution is -0.143. The topological polar surface area (TPSA) is 95.9 Å². The van der Waals surface area contributed by atoms with E-state index in [0.717, 1.165) is 44.9 Å². The molecule has 0 fully saturated rings. The van der Waals surface area contributed by atoms with Crippen LogP contribution in [0, 0.1) is 0 Å². The monoisotopic (exact) mass is 1030 g/mol. The molecule has 6 nitrogen and oxygen atoms in total. The molecule has 2 unspecified atom stereocenters. The molecule has 0 aliphatic rings. The van der Waals surface area contributed by atoms with Gasteiger partial charge in [-0.25, -0.2) is 0 Å². The maximum atomic E-state index is 12.5. The summed E-state index contributed by atoms with van der Waals surface area (Å²) in [6.45, 7) is 4.89. The standard InChI is InChI=1S/C67H127NO5/c1-3-5-7-9-11-13-15-16-17-18-30-33-36-40-43-47-51-55-59-65(70)64(63-69)68-66(71)60-56-52-48-44-41-37-34-31-28-26-24-22-20-19-21-23-25-27-29-32-35-38-42-46-50-54-58-62-73-67(72)61-57-53-49-45-39-14-12-10-8-6-4-2/h10,12,19-20,55,59,64-65,69-70H,3-9,11,13-18,21-54,56-58,60-63H2,1-2H3,(H,68,71)/b12-10-,20-19-,59-55+. The Hall–Kier alpha value is -1.92. The van der Waals surface area contributed by atoms with E-state index in [1.165, 1.54) is 283 Å². The van der Waals surface area contributed by atoms with Crippen molar-refractivity contribution in [1.29, 1.82) is 0 Å². The molecule has 0 spiro atoms. The highest BCUT2D eigenvalue weighted by atomic mass is 16.5. The third kappa shape index (κ3) is 59.2. The van der Waals surface area contributed by atoms with Crippen LogP contribution in [0.15, 0.2) is 36.5 Å². The third-order valence-electron chi connectivity index (χ3n) is 15.1. The Morgan fingerprint density at radius 1 is 0.370 bits per heavy atom. The van der Waals surface area contributed by atoms with Crippen molar-refractivity contribution in [2.24, 2.45) is 0 Å². The van der Waals surface area contributed by atoms with Crippen LogP contribution in [0.4, 0.5) is 0 Å². The molecule has 0 saturated carbocycles. The molecule has 0 aromatic carbocycles. The molecule has 0 saturated heterocycles. The van der Waals surface area contributed by atoms with E-state index in [0.29, 0.717) is 19.4 Å². The molecule has 0 aromatic heterocycles. The van der Waals surface area contributed by atoms with Crippen LogP contribution in [0.1, 0.15) is 354 Å². The van der Waals surface area contributed by atoms with E-state index in [4.69, 9.17) is 4.74 Å². The number of rotatable bonds is 61. The van der Waals surface area contributed by atoms with Gasteiger partial charge in [-0.1, -0.05) is 301 Å². The summed E-state index contributed by atoms with van der Waals surface area (Å²) in [4.78, 5) is 24.5. The second-order valence-electron chi connectivity index (χ2n) is 22.4. The molecule has 0 aliphatic carbocycles. The number of aliphatic hydroxyl groups is 2. The number of carbonyl (C=O) groups is 2. The Kier molecular flexibility index (Phi) is 61.0. The van der Waals surface area contributed by atoms with Crippen molar-refractivity contribution in [2.45, 2.75) is 366 Å². The van der Waals surface area contributed by atoms with Gasteiger partial charge in [0, 0.05) is 12.8 Å². The summed E-state index contributed by atoms with van der Waals surface area (Å²) in [5.41, 5.74) is 0. The quantitative estimate of drug-likeness (QED) is 0.0320. The SMILES string of the molecule is CCCC/C=C\CCCCCCCC(=O)OCCCCCCCCCCCCCC/C=C\CCCCCCCCCCCCCC(=O)NC(CO)C(O)/C=C/CCCCCCCCCCCCCCCCCC. The summed E-state index contributed by atoms with van der Waals surface area (Å²) in [5, 5.41) is 23.2. The third-order valence-corrected chi connectivity index (χ3v) is 15.1. The molecule has 430 valence electrons. The molecule has 0 aliphatic heterocycles. The maximum Gasteiger partial charge on any atom is 0.305 e. The average Bonchev–Trinajstić information content (AvgIpc) is 3.39. The molecule has 73 heavy (non-hydrogen) atoms. The molecule has 6 heteroatoms. The van der Waals surface area contributed by atoms with E-state index in [1.807, 2.05) is 6.08 Å². The number of esters is 1. The van der Waals surface area contributed by atoms with E-state index in [2.05, 4.69) is 43.5 Å². The minimum atomic E-state index is -0.845. The van der Waals surface area contributed by atoms with Gasteiger partial charge in [-0.3, -0.25) is 9.59 Å². The van der Waals surface area contributed by atoms with Gasteiger partial charge in [-0.15, -0.1) is 0 Å². The maximum absolute atomic E-state index is 12.5. The van der Waals surface area contributed by atoms with Gasteiger partial charge in [0.1, 0.15) is 0 Å². The van der Waals surface area contributed by atoms with Gasteiger partial charge in [-0.05, 0) is 77.0 Å². The van der Waals surface area contributed by atoms with Crippen LogP contribution in [-0.2, 0) is 14.3 Å². The highest BCUT2D eigenvalue weighted by Gasteiger charge is 2.18. The number of hydrogen-bond acceptors (Lipinski definition) is 5. The van der Waals surface area contributed by atoms with Gasteiger partial charge >= 0.3 is 5.97 Å². The minimum Gasteiger partial charge on any atom is -0.466 e. The second kappa shape index (κ2) is 62.6. The van der Waals surface area contributed by atoms with Crippen molar-refractivity contribution >= 4 is 11.9 Å². The summed E-state index contributed by atoms with van der Waals surface area (Å²) >= 11 is 0. The van der Waals surface area contributed by atoms with Crippen LogP contribution in [0.3, 0.4) is 0 Å². The summed E-state index contributed by atoms with van der Waals surface area (Å²) in [7, 11) is 0. The molecule has 0 rings (SSSR count). The zero-order valence-electron chi connectivity index (χ0n) is 49.1. The van der Waals surface area contributed by atoms with Crippen molar-refractivity contribution in [3.05, 3.63) is 36.5 Å². The Morgan fingerprint density at radius 3 is 1.01 bits per heavy atom.